The van der Waals surface area contributed by atoms with Gasteiger partial charge in [0.1, 0.15) is 30.6 Å². The van der Waals surface area contributed by atoms with E-state index in [4.69, 9.17) is 12.3 Å². The Morgan fingerprint density at radius 3 is 2.28 bits per heavy atom. The molecule has 0 unspecified atom stereocenters. The fourth-order valence-electron chi connectivity index (χ4n) is 3.38. The lowest BCUT2D eigenvalue weighted by Gasteiger charge is -2.13. The summed E-state index contributed by atoms with van der Waals surface area (Å²) in [5.41, 5.74) is -1.40. The van der Waals surface area contributed by atoms with E-state index >= 15 is 0 Å². The van der Waals surface area contributed by atoms with Gasteiger partial charge in [0.25, 0.3) is 0 Å². The molecule has 0 bridgehead atoms. The normalized spacial score (nSPS) is 12.1. The van der Waals surface area contributed by atoms with Crippen LogP contribution in [0.5, 0.6) is 0 Å². The first kappa shape index (κ1) is 14.2. The Morgan fingerprint density at radius 2 is 1.52 bits per heavy atom. The predicted octanol–water partition coefficient (Wildman–Crippen LogP) is 2.72. The van der Waals surface area contributed by atoms with E-state index in [9.17, 15) is 18.4 Å². The molecule has 7 heteroatoms. The second-order valence-electron chi connectivity index (χ2n) is 5.79. The number of fused-ring (bicyclic) bond motifs is 2. The lowest BCUT2D eigenvalue weighted by Crippen LogP contribution is -2.16. The highest BCUT2D eigenvalue weighted by Crippen LogP contribution is 2.37. The Morgan fingerprint density at radius 1 is 0.800 bits per heavy atom. The molecule has 0 N–H and O–H groups in total. The van der Waals surface area contributed by atoms with Crippen LogP contribution in [0.15, 0.2) is 48.8 Å². The molecule has 118 valence electrons. The standard InChI is InChI=1S/C18H5BF2O4/c19-10-4-8-13-9(18(23)25-17(8)22)5-11(21)14-7-3-6(20)1-2-12(7)24-16(10)15(13)14/h1-5H. The Bertz CT molecular complexity index is 1440. The Balaban J connectivity index is 2.29. The molecule has 0 aliphatic heterocycles. The van der Waals surface area contributed by atoms with Crippen LogP contribution in [-0.2, 0) is 0 Å². The summed E-state index contributed by atoms with van der Waals surface area (Å²) >= 11 is 0. The Kier molecular flexibility index (Phi) is 2.52. The summed E-state index contributed by atoms with van der Waals surface area (Å²) < 4.78 is 38.9. The molecule has 2 aromatic heterocycles. The Labute approximate surface area is 138 Å². The minimum absolute atomic E-state index is 0.0329. The third-order valence-corrected chi connectivity index (χ3v) is 4.39. The van der Waals surface area contributed by atoms with Gasteiger partial charge in [-0.25, -0.2) is 18.4 Å². The zero-order valence-corrected chi connectivity index (χ0v) is 12.4. The summed E-state index contributed by atoms with van der Waals surface area (Å²) in [5.74, 6) is -1.34. The van der Waals surface area contributed by atoms with Gasteiger partial charge in [-0.3, -0.25) is 0 Å². The highest BCUT2D eigenvalue weighted by molar-refractivity contribution is 6.43. The molecule has 25 heavy (non-hydrogen) atoms. The first-order valence-corrected chi connectivity index (χ1v) is 7.28. The average Bonchev–Trinajstić information content (AvgIpc) is 2.57. The average molecular weight is 334 g/mol. The van der Waals surface area contributed by atoms with E-state index in [2.05, 4.69) is 4.42 Å². The van der Waals surface area contributed by atoms with Crippen LogP contribution in [0.1, 0.15) is 0 Å². The number of hydrogen-bond donors (Lipinski definition) is 0. The van der Waals surface area contributed by atoms with Crippen molar-refractivity contribution in [3.63, 3.8) is 0 Å². The van der Waals surface area contributed by atoms with E-state index in [1.807, 2.05) is 0 Å². The van der Waals surface area contributed by atoms with Gasteiger partial charge < -0.3 is 8.83 Å². The smallest absolute Gasteiger partial charge is 0.346 e. The SMILES string of the molecule is [B]c1cc2c(=O)oc(=O)c3cc(F)c4c5cc(F)ccc5oc1c4c23. The maximum Gasteiger partial charge on any atom is 0.346 e. The predicted molar refractivity (Wildman–Crippen MR) is 90.0 cm³/mol. The van der Waals surface area contributed by atoms with Gasteiger partial charge in [-0.05, 0) is 24.3 Å². The van der Waals surface area contributed by atoms with E-state index in [0.29, 0.717) is 0 Å². The fraction of sp³-hybridized carbons (Fsp3) is 0. The fourth-order valence-corrected chi connectivity index (χ4v) is 3.38. The number of halogens is 2. The first-order chi connectivity index (χ1) is 12.0. The molecular formula is C18H5BF2O4. The summed E-state index contributed by atoms with van der Waals surface area (Å²) in [6.45, 7) is 0. The van der Waals surface area contributed by atoms with E-state index in [-0.39, 0.29) is 48.9 Å². The topological polar surface area (TPSA) is 60.4 Å². The molecule has 5 aromatic rings. The van der Waals surface area contributed by atoms with E-state index in [1.54, 1.807) is 0 Å². The van der Waals surface area contributed by atoms with Crippen LogP contribution in [0.3, 0.4) is 0 Å². The number of rotatable bonds is 0. The van der Waals surface area contributed by atoms with Gasteiger partial charge in [-0.2, -0.15) is 0 Å². The van der Waals surface area contributed by atoms with Crippen LogP contribution < -0.4 is 16.7 Å². The van der Waals surface area contributed by atoms with Gasteiger partial charge in [-0.1, -0.05) is 11.5 Å². The summed E-state index contributed by atoms with van der Waals surface area (Å²) in [7, 11) is 5.97. The first-order valence-electron chi connectivity index (χ1n) is 7.28. The van der Waals surface area contributed by atoms with Gasteiger partial charge in [-0.15, -0.1) is 0 Å². The molecule has 2 radical (unpaired) electrons. The molecule has 0 atom stereocenters. The van der Waals surface area contributed by atoms with Gasteiger partial charge in [0, 0.05) is 21.5 Å². The van der Waals surface area contributed by atoms with Crippen LogP contribution in [0.4, 0.5) is 8.78 Å². The van der Waals surface area contributed by atoms with Crippen molar-refractivity contribution in [3.8, 4) is 0 Å². The van der Waals surface area contributed by atoms with Crippen molar-refractivity contribution in [2.24, 2.45) is 0 Å². The van der Waals surface area contributed by atoms with Crippen LogP contribution in [0, 0.1) is 11.6 Å². The molecule has 4 nitrogen and oxygen atoms in total. The zero-order valence-electron chi connectivity index (χ0n) is 12.4. The third-order valence-electron chi connectivity index (χ3n) is 4.39. The number of hydrogen-bond acceptors (Lipinski definition) is 4. The second-order valence-corrected chi connectivity index (χ2v) is 5.79. The molecule has 0 aliphatic rings. The monoisotopic (exact) mass is 334 g/mol. The van der Waals surface area contributed by atoms with E-state index in [1.165, 1.54) is 18.2 Å². The van der Waals surface area contributed by atoms with Gasteiger partial charge >= 0.3 is 11.3 Å². The lowest BCUT2D eigenvalue weighted by molar-refractivity contribution is 0.488. The van der Waals surface area contributed by atoms with Gasteiger partial charge in [0.2, 0.25) is 0 Å². The van der Waals surface area contributed by atoms with Crippen LogP contribution in [0.25, 0.3) is 43.5 Å². The van der Waals surface area contributed by atoms with Crippen molar-refractivity contribution in [3.05, 3.63) is 62.8 Å². The molecule has 0 saturated carbocycles. The van der Waals surface area contributed by atoms with Crippen molar-refractivity contribution in [2.45, 2.75) is 0 Å². The van der Waals surface area contributed by atoms with Crippen LogP contribution >= 0.6 is 0 Å². The van der Waals surface area contributed by atoms with Crippen LogP contribution in [-0.4, -0.2) is 7.85 Å². The highest BCUT2D eigenvalue weighted by atomic mass is 19.1. The van der Waals surface area contributed by atoms with Crippen molar-refractivity contribution in [1.82, 2.24) is 0 Å². The molecule has 0 aliphatic carbocycles. The second kappa shape index (κ2) is 4.44. The Hall–Kier alpha value is -3.22. The molecule has 2 heterocycles. The summed E-state index contributed by atoms with van der Waals surface area (Å²) in [6, 6.07) is 5.99. The molecular weight excluding hydrogens is 329 g/mol. The zero-order chi connectivity index (χ0) is 17.5. The van der Waals surface area contributed by atoms with Crippen LogP contribution in [0.2, 0.25) is 0 Å². The minimum atomic E-state index is -0.955. The minimum Gasteiger partial charge on any atom is -0.457 e. The largest absolute Gasteiger partial charge is 0.457 e. The van der Waals surface area contributed by atoms with E-state index < -0.39 is 22.9 Å². The third kappa shape index (κ3) is 1.69. The number of benzene rings is 3. The van der Waals surface area contributed by atoms with Crippen molar-refractivity contribution < 1.29 is 17.6 Å². The van der Waals surface area contributed by atoms with Gasteiger partial charge in [0.15, 0.2) is 0 Å². The molecule has 5 rings (SSSR count). The molecule has 0 saturated heterocycles. The quantitative estimate of drug-likeness (QED) is 0.248. The highest BCUT2D eigenvalue weighted by Gasteiger charge is 2.22. The summed E-state index contributed by atoms with van der Waals surface area (Å²) in [6.07, 6.45) is 0. The molecule has 0 fully saturated rings. The molecule has 3 aromatic carbocycles. The lowest BCUT2D eigenvalue weighted by atomic mass is 9.87. The molecule has 0 spiro atoms. The van der Waals surface area contributed by atoms with Crippen molar-refractivity contribution in [2.75, 3.05) is 0 Å². The van der Waals surface area contributed by atoms with Crippen molar-refractivity contribution in [1.29, 1.82) is 0 Å². The summed E-state index contributed by atoms with van der Waals surface area (Å²) in [5, 5.41) is 0.501. The maximum atomic E-state index is 14.8. The van der Waals surface area contributed by atoms with E-state index in [0.717, 1.165) is 12.1 Å². The summed E-state index contributed by atoms with van der Waals surface area (Å²) in [4.78, 5) is 24.1. The van der Waals surface area contributed by atoms with Crippen molar-refractivity contribution >= 4 is 56.8 Å². The molecule has 0 amide bonds. The van der Waals surface area contributed by atoms with Gasteiger partial charge in [0.05, 0.1) is 10.8 Å². The maximum absolute atomic E-state index is 14.8.